The number of hydrogen-bond donors (Lipinski definition) is 1. The first-order valence-corrected chi connectivity index (χ1v) is 11.1. The minimum atomic E-state index is -0.418. The molecule has 0 radical (unpaired) electrons. The predicted molar refractivity (Wildman–Crippen MR) is 115 cm³/mol. The lowest BCUT2D eigenvalue weighted by atomic mass is 9.96. The lowest BCUT2D eigenvalue weighted by Gasteiger charge is -2.11. The number of hydrogen-bond acceptors (Lipinski definition) is 5. The molecule has 3 heterocycles. The fraction of sp³-hybridized carbons (Fsp3) is 0.435. The molecule has 2 aromatic rings. The Morgan fingerprint density at radius 3 is 2.80 bits per heavy atom. The Labute approximate surface area is 180 Å². The number of nitrogens with zero attached hydrogens (tertiary/aromatic N) is 3. The summed E-state index contributed by atoms with van der Waals surface area (Å²) in [5, 5.41) is 23.1. The lowest BCUT2D eigenvalue weighted by Crippen LogP contribution is -2.34. The van der Waals surface area contributed by atoms with Gasteiger partial charge in [-0.3, -0.25) is 4.79 Å². The minimum Gasteiger partial charge on any atom is -0.359 e. The molecule has 1 amide bonds. The number of aromatic nitrogens is 1. The highest BCUT2D eigenvalue weighted by molar-refractivity contribution is 7.15. The molecule has 30 heavy (non-hydrogen) atoms. The first kappa shape index (κ1) is 20.4. The molecule has 1 aliphatic carbocycles. The standard InChI is InChI=1S/C23H24N4O2S/c1-14-10-16(11-17(12-24)22(28)26-21-8-5-9-29-21)15(2)27(14)23-19(13-25)18-6-3-4-7-20(18)30-23/h10-11,21H,3-9H2,1-2H3,(H,26,28)/b17-11+. The molecular formula is C23H24N4O2S. The number of amides is 1. The number of rotatable bonds is 4. The Balaban J connectivity index is 1.70. The van der Waals surface area contributed by atoms with E-state index in [2.05, 4.69) is 16.0 Å². The van der Waals surface area contributed by atoms with Crippen LogP contribution in [-0.2, 0) is 22.4 Å². The van der Waals surface area contributed by atoms with Crippen molar-refractivity contribution in [3.8, 4) is 17.1 Å². The van der Waals surface area contributed by atoms with Crippen molar-refractivity contribution in [2.75, 3.05) is 6.61 Å². The summed E-state index contributed by atoms with van der Waals surface area (Å²) in [5.41, 5.74) is 4.72. The highest BCUT2D eigenvalue weighted by Gasteiger charge is 2.24. The summed E-state index contributed by atoms with van der Waals surface area (Å²) in [6, 6.07) is 6.40. The van der Waals surface area contributed by atoms with Crippen LogP contribution >= 0.6 is 11.3 Å². The molecule has 1 unspecified atom stereocenters. The molecule has 1 aliphatic heterocycles. The summed E-state index contributed by atoms with van der Waals surface area (Å²) < 4.78 is 7.52. The van der Waals surface area contributed by atoms with E-state index in [1.165, 1.54) is 16.9 Å². The smallest absolute Gasteiger partial charge is 0.263 e. The SMILES string of the molecule is Cc1cc(/C=C(\C#N)C(=O)NC2CCCO2)c(C)n1-c1sc2c(c1C#N)CCCC2. The highest BCUT2D eigenvalue weighted by Crippen LogP contribution is 2.38. The number of nitriles is 2. The minimum absolute atomic E-state index is 0.0525. The van der Waals surface area contributed by atoms with Crippen molar-refractivity contribution in [2.45, 2.75) is 58.6 Å². The van der Waals surface area contributed by atoms with Gasteiger partial charge in [-0.2, -0.15) is 10.5 Å². The van der Waals surface area contributed by atoms with Gasteiger partial charge >= 0.3 is 0 Å². The number of fused-ring (bicyclic) bond motifs is 1. The maximum absolute atomic E-state index is 12.5. The fourth-order valence-corrected chi connectivity index (χ4v) is 5.74. The van der Waals surface area contributed by atoms with Gasteiger partial charge in [0, 0.05) is 22.9 Å². The Kier molecular flexibility index (Phi) is 5.76. The van der Waals surface area contributed by atoms with Crippen LogP contribution in [0.3, 0.4) is 0 Å². The summed E-state index contributed by atoms with van der Waals surface area (Å²) in [4.78, 5) is 13.8. The van der Waals surface area contributed by atoms with E-state index >= 15 is 0 Å². The molecule has 1 saturated heterocycles. The van der Waals surface area contributed by atoms with Crippen molar-refractivity contribution >= 4 is 23.3 Å². The molecule has 7 heteroatoms. The Morgan fingerprint density at radius 2 is 2.10 bits per heavy atom. The van der Waals surface area contributed by atoms with Gasteiger partial charge in [0.15, 0.2) is 0 Å². The van der Waals surface area contributed by atoms with E-state index in [-0.39, 0.29) is 11.8 Å². The van der Waals surface area contributed by atoms with Crippen LogP contribution in [0.1, 0.15) is 58.6 Å². The van der Waals surface area contributed by atoms with Crippen LogP contribution in [0, 0.1) is 36.5 Å². The van der Waals surface area contributed by atoms with Gasteiger partial charge in [-0.05, 0) is 75.6 Å². The Hall–Kier alpha value is -2.87. The van der Waals surface area contributed by atoms with Crippen molar-refractivity contribution < 1.29 is 9.53 Å². The number of ether oxygens (including phenoxy) is 1. The van der Waals surface area contributed by atoms with Crippen LogP contribution in [-0.4, -0.2) is 23.3 Å². The third-order valence-corrected chi connectivity index (χ3v) is 7.10. The summed E-state index contributed by atoms with van der Waals surface area (Å²) >= 11 is 1.69. The third-order valence-electron chi connectivity index (χ3n) is 5.82. The zero-order valence-corrected chi connectivity index (χ0v) is 18.1. The first-order valence-electron chi connectivity index (χ1n) is 10.3. The van der Waals surface area contributed by atoms with Gasteiger partial charge in [0.1, 0.15) is 28.9 Å². The maximum atomic E-state index is 12.5. The molecule has 154 valence electrons. The molecule has 0 spiro atoms. The molecule has 0 saturated carbocycles. The van der Waals surface area contributed by atoms with Gasteiger partial charge in [-0.1, -0.05) is 0 Å². The molecule has 0 bridgehead atoms. The molecule has 0 aromatic carbocycles. The number of aryl methyl sites for hydroxylation is 2. The van der Waals surface area contributed by atoms with E-state index in [9.17, 15) is 15.3 Å². The number of carbonyl (C=O) groups is 1. The van der Waals surface area contributed by atoms with E-state index in [0.717, 1.165) is 59.6 Å². The number of carbonyl (C=O) groups excluding carboxylic acids is 1. The van der Waals surface area contributed by atoms with Crippen molar-refractivity contribution in [3.05, 3.63) is 44.6 Å². The van der Waals surface area contributed by atoms with Crippen LogP contribution in [0.5, 0.6) is 0 Å². The van der Waals surface area contributed by atoms with Crippen molar-refractivity contribution in [1.29, 1.82) is 10.5 Å². The third kappa shape index (κ3) is 3.67. The number of nitrogens with one attached hydrogen (secondary N) is 1. The van der Waals surface area contributed by atoms with Gasteiger partial charge in [-0.15, -0.1) is 11.3 Å². The second-order valence-electron chi connectivity index (χ2n) is 7.81. The molecule has 6 nitrogen and oxygen atoms in total. The van der Waals surface area contributed by atoms with Gasteiger partial charge in [0.05, 0.1) is 5.56 Å². The summed E-state index contributed by atoms with van der Waals surface area (Å²) in [5.74, 6) is -0.418. The monoisotopic (exact) mass is 420 g/mol. The van der Waals surface area contributed by atoms with Crippen LogP contribution < -0.4 is 5.32 Å². The van der Waals surface area contributed by atoms with Crippen molar-refractivity contribution in [3.63, 3.8) is 0 Å². The first-order chi connectivity index (χ1) is 14.5. The van der Waals surface area contributed by atoms with Crippen LogP contribution in [0.2, 0.25) is 0 Å². The molecule has 2 aliphatic rings. The topological polar surface area (TPSA) is 90.8 Å². The summed E-state index contributed by atoms with van der Waals surface area (Å²) in [6.07, 6.45) is 7.26. The molecule has 1 atom stereocenters. The molecular weight excluding hydrogens is 396 g/mol. The lowest BCUT2D eigenvalue weighted by molar-refractivity contribution is -0.120. The van der Waals surface area contributed by atoms with Crippen molar-refractivity contribution in [1.82, 2.24) is 9.88 Å². The average Bonchev–Trinajstić information content (AvgIpc) is 3.43. The predicted octanol–water partition coefficient (Wildman–Crippen LogP) is 4.07. The molecule has 4 rings (SSSR count). The molecule has 1 N–H and O–H groups in total. The van der Waals surface area contributed by atoms with Gasteiger partial charge in [-0.25, -0.2) is 0 Å². The largest absolute Gasteiger partial charge is 0.359 e. The maximum Gasteiger partial charge on any atom is 0.263 e. The van der Waals surface area contributed by atoms with Crippen LogP contribution in [0.4, 0.5) is 0 Å². The van der Waals surface area contributed by atoms with Gasteiger partial charge < -0.3 is 14.6 Å². The van der Waals surface area contributed by atoms with E-state index in [0.29, 0.717) is 6.61 Å². The van der Waals surface area contributed by atoms with Gasteiger partial charge in [0.25, 0.3) is 5.91 Å². The van der Waals surface area contributed by atoms with Crippen LogP contribution in [0.25, 0.3) is 11.1 Å². The second-order valence-corrected chi connectivity index (χ2v) is 8.89. The van der Waals surface area contributed by atoms with Crippen molar-refractivity contribution in [2.24, 2.45) is 0 Å². The summed E-state index contributed by atoms with van der Waals surface area (Å²) in [7, 11) is 0. The zero-order chi connectivity index (χ0) is 21.3. The normalized spacial score (nSPS) is 18.5. The second kappa shape index (κ2) is 8.47. The Morgan fingerprint density at radius 1 is 1.30 bits per heavy atom. The average molecular weight is 421 g/mol. The highest BCUT2D eigenvalue weighted by atomic mass is 32.1. The zero-order valence-electron chi connectivity index (χ0n) is 17.2. The van der Waals surface area contributed by atoms with Gasteiger partial charge in [0.2, 0.25) is 0 Å². The molecule has 2 aromatic heterocycles. The van der Waals surface area contributed by atoms with E-state index in [1.54, 1.807) is 17.4 Å². The van der Waals surface area contributed by atoms with E-state index in [1.807, 2.05) is 26.0 Å². The Bertz CT molecular complexity index is 1100. The number of thiophene rings is 1. The summed E-state index contributed by atoms with van der Waals surface area (Å²) in [6.45, 7) is 4.58. The van der Waals surface area contributed by atoms with E-state index < -0.39 is 5.91 Å². The van der Waals surface area contributed by atoms with Crippen LogP contribution in [0.15, 0.2) is 11.6 Å². The quantitative estimate of drug-likeness (QED) is 0.596. The fourth-order valence-electron chi connectivity index (χ4n) is 4.29. The molecule has 1 fully saturated rings. The van der Waals surface area contributed by atoms with E-state index in [4.69, 9.17) is 4.74 Å².